The Kier molecular flexibility index (Phi) is 3.79. The Balaban J connectivity index is 2.09. The molecule has 2 aromatic heterocycles. The lowest BCUT2D eigenvalue weighted by Gasteiger charge is -2.16. The van der Waals surface area contributed by atoms with Crippen molar-refractivity contribution in [2.45, 2.75) is 6.04 Å². The first-order valence-electron chi connectivity index (χ1n) is 6.36. The molecule has 0 amide bonds. The molecule has 0 aliphatic heterocycles. The van der Waals surface area contributed by atoms with Crippen molar-refractivity contribution in [2.75, 3.05) is 7.11 Å². The highest BCUT2D eigenvalue weighted by molar-refractivity contribution is 6.31. The summed E-state index contributed by atoms with van der Waals surface area (Å²) in [6, 6.07) is 8.87. The minimum atomic E-state index is -0.339. The molecule has 0 saturated carbocycles. The smallest absolute Gasteiger partial charge is 0.142 e. The molecule has 0 saturated heterocycles. The topological polar surface area (TPSA) is 73.3 Å². The average molecular weight is 304 g/mol. The number of nitrogens with two attached hydrogens (primary N) is 1. The van der Waals surface area contributed by atoms with Gasteiger partial charge in [0.2, 0.25) is 0 Å². The van der Waals surface area contributed by atoms with Crippen LogP contribution >= 0.6 is 11.6 Å². The van der Waals surface area contributed by atoms with Gasteiger partial charge in [-0.05, 0) is 30.3 Å². The Morgan fingerprint density at radius 3 is 2.95 bits per heavy atom. The number of aromatic nitrogens is 1. The van der Waals surface area contributed by atoms with Crippen LogP contribution < -0.4 is 16.0 Å². The number of nitrogens with zero attached hydrogens (tertiary/aromatic N) is 1. The van der Waals surface area contributed by atoms with Gasteiger partial charge in [-0.15, -0.1) is 0 Å². The first kappa shape index (κ1) is 13.9. The van der Waals surface area contributed by atoms with Crippen LogP contribution in [0.4, 0.5) is 0 Å². The van der Waals surface area contributed by atoms with E-state index in [9.17, 15) is 0 Å². The van der Waals surface area contributed by atoms with E-state index in [-0.39, 0.29) is 6.04 Å². The number of pyridine rings is 1. The number of hydrogen-bond acceptors (Lipinski definition) is 5. The van der Waals surface area contributed by atoms with E-state index in [2.05, 4.69) is 10.4 Å². The maximum Gasteiger partial charge on any atom is 0.142 e. The second-order valence-corrected chi connectivity index (χ2v) is 4.98. The van der Waals surface area contributed by atoms with E-state index in [0.717, 1.165) is 16.5 Å². The number of furan rings is 1. The second kappa shape index (κ2) is 5.73. The predicted octanol–water partition coefficient (Wildman–Crippen LogP) is 3.04. The Labute approximate surface area is 126 Å². The average Bonchev–Trinajstić information content (AvgIpc) is 2.91. The molecule has 21 heavy (non-hydrogen) atoms. The summed E-state index contributed by atoms with van der Waals surface area (Å²) in [4.78, 5) is 4.04. The fraction of sp³-hybridized carbons (Fsp3) is 0.133. The van der Waals surface area contributed by atoms with Gasteiger partial charge in [0.25, 0.3) is 0 Å². The maximum absolute atomic E-state index is 6.00. The third-order valence-electron chi connectivity index (χ3n) is 3.30. The van der Waals surface area contributed by atoms with Crippen LogP contribution in [0.1, 0.15) is 17.4 Å². The van der Waals surface area contributed by atoms with Gasteiger partial charge in [0.15, 0.2) is 0 Å². The van der Waals surface area contributed by atoms with E-state index in [1.807, 2.05) is 24.3 Å². The van der Waals surface area contributed by atoms with Crippen molar-refractivity contribution in [2.24, 2.45) is 5.84 Å². The van der Waals surface area contributed by atoms with Crippen LogP contribution in [0.25, 0.3) is 11.0 Å². The first-order valence-corrected chi connectivity index (χ1v) is 6.73. The molecule has 0 radical (unpaired) electrons. The molecule has 0 aliphatic rings. The molecule has 0 spiro atoms. The zero-order valence-corrected chi connectivity index (χ0v) is 12.1. The van der Waals surface area contributed by atoms with Gasteiger partial charge in [-0.1, -0.05) is 11.6 Å². The Morgan fingerprint density at radius 1 is 1.33 bits per heavy atom. The van der Waals surface area contributed by atoms with E-state index < -0.39 is 0 Å². The molecule has 2 heterocycles. The quantitative estimate of drug-likeness (QED) is 0.572. The summed E-state index contributed by atoms with van der Waals surface area (Å²) in [5, 5.41) is 1.58. The molecule has 1 unspecified atom stereocenters. The number of hydrazine groups is 1. The molecule has 5 nitrogen and oxygen atoms in total. The molecular weight excluding hydrogens is 290 g/mol. The molecule has 0 bridgehead atoms. The molecule has 3 rings (SSSR count). The van der Waals surface area contributed by atoms with Gasteiger partial charge in [0, 0.05) is 22.2 Å². The summed E-state index contributed by atoms with van der Waals surface area (Å²) < 4.78 is 11.2. The number of rotatable bonds is 4. The van der Waals surface area contributed by atoms with Crippen molar-refractivity contribution in [1.29, 1.82) is 0 Å². The van der Waals surface area contributed by atoms with Crippen LogP contribution in [0.5, 0.6) is 5.75 Å². The third-order valence-corrected chi connectivity index (χ3v) is 3.53. The van der Waals surface area contributed by atoms with Crippen LogP contribution in [0.15, 0.2) is 47.1 Å². The number of fused-ring (bicyclic) bond motifs is 1. The minimum Gasteiger partial charge on any atom is -0.495 e. The lowest BCUT2D eigenvalue weighted by molar-refractivity contribution is 0.395. The Hall–Kier alpha value is -2.08. The molecule has 3 aromatic rings. The summed E-state index contributed by atoms with van der Waals surface area (Å²) in [5.74, 6) is 7.02. The van der Waals surface area contributed by atoms with Crippen LogP contribution in [0.3, 0.4) is 0 Å². The highest BCUT2D eigenvalue weighted by atomic mass is 35.5. The SMILES string of the molecule is COc1cnccc1C(NN)c1cc2cc(Cl)ccc2o1. The maximum atomic E-state index is 6.00. The van der Waals surface area contributed by atoms with Crippen molar-refractivity contribution < 1.29 is 9.15 Å². The zero-order valence-electron chi connectivity index (χ0n) is 11.3. The van der Waals surface area contributed by atoms with E-state index >= 15 is 0 Å². The molecule has 6 heteroatoms. The summed E-state index contributed by atoms with van der Waals surface area (Å²) in [6.07, 6.45) is 3.32. The van der Waals surface area contributed by atoms with E-state index in [1.54, 1.807) is 25.6 Å². The lowest BCUT2D eigenvalue weighted by atomic mass is 10.1. The third kappa shape index (κ3) is 2.58. The van der Waals surface area contributed by atoms with E-state index in [0.29, 0.717) is 16.5 Å². The van der Waals surface area contributed by atoms with Crippen molar-refractivity contribution in [3.63, 3.8) is 0 Å². The normalized spacial score (nSPS) is 12.5. The highest BCUT2D eigenvalue weighted by Gasteiger charge is 2.21. The highest BCUT2D eigenvalue weighted by Crippen LogP contribution is 2.32. The molecule has 3 N–H and O–H groups in total. The molecular formula is C15H14ClN3O2. The van der Waals surface area contributed by atoms with Gasteiger partial charge in [-0.25, -0.2) is 5.43 Å². The van der Waals surface area contributed by atoms with Gasteiger partial charge in [-0.3, -0.25) is 10.8 Å². The van der Waals surface area contributed by atoms with Gasteiger partial charge in [0.1, 0.15) is 23.1 Å². The van der Waals surface area contributed by atoms with Crippen molar-refractivity contribution >= 4 is 22.6 Å². The summed E-state index contributed by atoms with van der Waals surface area (Å²) in [5.41, 5.74) is 4.35. The van der Waals surface area contributed by atoms with Gasteiger partial charge < -0.3 is 9.15 Å². The zero-order chi connectivity index (χ0) is 14.8. The van der Waals surface area contributed by atoms with Crippen LogP contribution in [0, 0.1) is 0 Å². The van der Waals surface area contributed by atoms with Gasteiger partial charge in [0.05, 0.1) is 13.3 Å². The van der Waals surface area contributed by atoms with Crippen molar-refractivity contribution in [1.82, 2.24) is 10.4 Å². The van der Waals surface area contributed by atoms with Gasteiger partial charge in [-0.2, -0.15) is 0 Å². The number of methoxy groups -OCH3 is 1. The molecule has 1 atom stereocenters. The number of nitrogens with one attached hydrogen (secondary N) is 1. The largest absolute Gasteiger partial charge is 0.495 e. The van der Waals surface area contributed by atoms with Gasteiger partial charge >= 0.3 is 0 Å². The molecule has 0 fully saturated rings. The standard InChI is InChI=1S/C15H14ClN3O2/c1-20-14-8-18-5-4-11(14)15(19-17)13-7-9-6-10(16)2-3-12(9)21-13/h2-8,15,19H,17H2,1H3. The fourth-order valence-corrected chi connectivity index (χ4v) is 2.48. The Morgan fingerprint density at radius 2 is 2.19 bits per heavy atom. The van der Waals surface area contributed by atoms with E-state index in [4.69, 9.17) is 26.6 Å². The number of benzene rings is 1. The first-order chi connectivity index (χ1) is 10.2. The number of ether oxygens (including phenoxy) is 1. The van der Waals surface area contributed by atoms with Crippen molar-refractivity contribution in [3.8, 4) is 5.75 Å². The second-order valence-electron chi connectivity index (χ2n) is 4.55. The lowest BCUT2D eigenvalue weighted by Crippen LogP contribution is -2.28. The fourth-order valence-electron chi connectivity index (χ4n) is 2.30. The minimum absolute atomic E-state index is 0.339. The number of halogens is 1. The van der Waals surface area contributed by atoms with Crippen molar-refractivity contribution in [3.05, 3.63) is 59.1 Å². The number of hydrogen-bond donors (Lipinski definition) is 2. The van der Waals surface area contributed by atoms with E-state index in [1.165, 1.54) is 0 Å². The van der Waals surface area contributed by atoms with Crippen LogP contribution in [-0.2, 0) is 0 Å². The molecule has 0 aliphatic carbocycles. The summed E-state index contributed by atoms with van der Waals surface area (Å²) in [7, 11) is 1.59. The predicted molar refractivity (Wildman–Crippen MR) is 81.2 cm³/mol. The Bertz CT molecular complexity index is 772. The summed E-state index contributed by atoms with van der Waals surface area (Å²) >= 11 is 6.00. The molecule has 108 valence electrons. The van der Waals surface area contributed by atoms with Crippen LogP contribution in [0.2, 0.25) is 5.02 Å². The van der Waals surface area contributed by atoms with Crippen LogP contribution in [-0.4, -0.2) is 12.1 Å². The summed E-state index contributed by atoms with van der Waals surface area (Å²) in [6.45, 7) is 0. The monoisotopic (exact) mass is 303 g/mol. The molecule has 1 aromatic carbocycles.